The molecular weight excluding hydrogens is 390 g/mol. The molecule has 1 aliphatic heterocycles. The molecule has 1 atom stereocenters. The van der Waals surface area contributed by atoms with Crippen LogP contribution in [0.15, 0.2) is 60.8 Å². The molecule has 0 radical (unpaired) electrons. The Morgan fingerprint density at radius 2 is 1.94 bits per heavy atom. The van der Waals surface area contributed by atoms with Gasteiger partial charge >= 0.3 is 6.09 Å². The third kappa shape index (κ3) is 5.26. The summed E-state index contributed by atoms with van der Waals surface area (Å²) in [5.41, 5.74) is 2.44. The molecular formula is C25H29N3O3. The number of ether oxygens (including phenoxy) is 2. The predicted molar refractivity (Wildman–Crippen MR) is 122 cm³/mol. The Bertz CT molecular complexity index is 1050. The molecule has 1 aliphatic rings. The maximum Gasteiger partial charge on any atom is 0.410 e. The van der Waals surface area contributed by atoms with Crippen molar-refractivity contribution in [1.82, 2.24) is 9.88 Å². The van der Waals surface area contributed by atoms with Gasteiger partial charge in [0.15, 0.2) is 0 Å². The summed E-state index contributed by atoms with van der Waals surface area (Å²) in [5, 5.41) is 4.59. The maximum absolute atomic E-state index is 12.4. The first-order valence-corrected chi connectivity index (χ1v) is 10.7. The lowest BCUT2D eigenvalue weighted by Gasteiger charge is -2.24. The molecule has 0 unspecified atom stereocenters. The lowest BCUT2D eigenvalue weighted by molar-refractivity contribution is 0.0293. The minimum absolute atomic E-state index is 0.159. The molecule has 1 amide bonds. The maximum atomic E-state index is 12.4. The van der Waals surface area contributed by atoms with Crippen molar-refractivity contribution in [3.8, 4) is 5.75 Å². The predicted octanol–water partition coefficient (Wildman–Crippen LogP) is 5.24. The van der Waals surface area contributed by atoms with Gasteiger partial charge in [-0.05, 0) is 57.0 Å². The standard InChI is InChI=1S/C25H29N3O3/c1-25(2,3)31-24(29)28-15-13-19(16-28)27-21-11-12-22(23-20(21)10-7-14-26-23)30-17-18-8-5-4-6-9-18/h4-12,14,19,27H,13,15-17H2,1-3H3/t19-/m0/s1. The number of anilines is 1. The molecule has 0 bridgehead atoms. The molecule has 1 aromatic heterocycles. The molecule has 1 fully saturated rings. The van der Waals surface area contributed by atoms with Gasteiger partial charge in [0.25, 0.3) is 0 Å². The SMILES string of the molecule is CC(C)(C)OC(=O)N1CC[C@H](Nc2ccc(OCc3ccccc3)c3ncccc23)C1. The summed E-state index contributed by atoms with van der Waals surface area (Å²) in [6, 6.07) is 18.2. The molecule has 1 N–H and O–H groups in total. The van der Waals surface area contributed by atoms with E-state index >= 15 is 0 Å². The molecule has 2 aromatic carbocycles. The van der Waals surface area contributed by atoms with Crippen LogP contribution in [0.2, 0.25) is 0 Å². The molecule has 31 heavy (non-hydrogen) atoms. The summed E-state index contributed by atoms with van der Waals surface area (Å²) in [6.07, 6.45) is 2.39. The number of aromatic nitrogens is 1. The Balaban J connectivity index is 1.46. The highest BCUT2D eigenvalue weighted by Crippen LogP contribution is 2.32. The number of rotatable bonds is 5. The molecule has 3 aromatic rings. The molecule has 4 rings (SSSR count). The van der Waals surface area contributed by atoms with Crippen LogP contribution in [0, 0.1) is 0 Å². The normalized spacial score (nSPS) is 16.4. The van der Waals surface area contributed by atoms with Gasteiger partial charge in [-0.2, -0.15) is 0 Å². The molecule has 6 nitrogen and oxygen atoms in total. The molecule has 0 saturated carbocycles. The van der Waals surface area contributed by atoms with Crippen molar-refractivity contribution in [3.05, 3.63) is 66.4 Å². The highest BCUT2D eigenvalue weighted by atomic mass is 16.6. The van der Waals surface area contributed by atoms with Crippen molar-refractivity contribution >= 4 is 22.7 Å². The minimum Gasteiger partial charge on any atom is -0.487 e. The quantitative estimate of drug-likeness (QED) is 0.613. The van der Waals surface area contributed by atoms with Crippen molar-refractivity contribution in [3.63, 3.8) is 0 Å². The van der Waals surface area contributed by atoms with Crippen molar-refractivity contribution in [1.29, 1.82) is 0 Å². The zero-order chi connectivity index (χ0) is 21.8. The van der Waals surface area contributed by atoms with E-state index in [1.165, 1.54) is 0 Å². The van der Waals surface area contributed by atoms with Gasteiger partial charge in [0.1, 0.15) is 23.5 Å². The second-order valence-corrected chi connectivity index (χ2v) is 8.84. The number of nitrogens with zero attached hydrogens (tertiary/aromatic N) is 2. The molecule has 1 saturated heterocycles. The zero-order valence-corrected chi connectivity index (χ0v) is 18.3. The zero-order valence-electron chi connectivity index (χ0n) is 18.3. The van der Waals surface area contributed by atoms with Crippen molar-refractivity contribution in [2.45, 2.75) is 45.4 Å². The van der Waals surface area contributed by atoms with Gasteiger partial charge in [-0.25, -0.2) is 4.79 Å². The van der Waals surface area contributed by atoms with Crippen LogP contribution in [0.4, 0.5) is 10.5 Å². The summed E-state index contributed by atoms with van der Waals surface area (Å²) in [7, 11) is 0. The fourth-order valence-electron chi connectivity index (χ4n) is 3.71. The van der Waals surface area contributed by atoms with Gasteiger partial charge in [-0.15, -0.1) is 0 Å². The lowest BCUT2D eigenvalue weighted by atomic mass is 10.1. The van der Waals surface area contributed by atoms with Crippen LogP contribution >= 0.6 is 0 Å². The first kappa shape index (κ1) is 21.0. The summed E-state index contributed by atoms with van der Waals surface area (Å²) < 4.78 is 11.6. The van der Waals surface area contributed by atoms with Crippen molar-refractivity contribution in [2.24, 2.45) is 0 Å². The van der Waals surface area contributed by atoms with Gasteiger partial charge in [0.2, 0.25) is 0 Å². The smallest absolute Gasteiger partial charge is 0.410 e. The highest BCUT2D eigenvalue weighted by Gasteiger charge is 2.30. The minimum atomic E-state index is -0.486. The van der Waals surface area contributed by atoms with E-state index in [1.807, 2.05) is 75.4 Å². The number of pyridine rings is 1. The number of hydrogen-bond donors (Lipinski definition) is 1. The summed E-state index contributed by atoms with van der Waals surface area (Å²) in [6.45, 7) is 7.45. The van der Waals surface area contributed by atoms with E-state index in [0.29, 0.717) is 19.7 Å². The summed E-state index contributed by atoms with van der Waals surface area (Å²) >= 11 is 0. The van der Waals surface area contributed by atoms with Crippen LogP contribution in [0.25, 0.3) is 10.9 Å². The van der Waals surface area contributed by atoms with Crippen LogP contribution in [-0.4, -0.2) is 40.7 Å². The first-order chi connectivity index (χ1) is 14.9. The Morgan fingerprint density at radius 3 is 2.71 bits per heavy atom. The number of carbonyl (C=O) groups excluding carboxylic acids is 1. The van der Waals surface area contributed by atoms with Crippen molar-refractivity contribution in [2.75, 3.05) is 18.4 Å². The number of benzene rings is 2. The average Bonchev–Trinajstić information content (AvgIpc) is 3.22. The molecule has 6 heteroatoms. The van der Waals surface area contributed by atoms with Gasteiger partial charge in [0, 0.05) is 36.4 Å². The summed E-state index contributed by atoms with van der Waals surface area (Å²) in [5.74, 6) is 0.756. The molecule has 0 spiro atoms. The number of amides is 1. The topological polar surface area (TPSA) is 63.7 Å². The Labute approximate surface area is 183 Å². The van der Waals surface area contributed by atoms with E-state index in [-0.39, 0.29) is 12.1 Å². The van der Waals surface area contributed by atoms with Gasteiger partial charge < -0.3 is 19.7 Å². The van der Waals surface area contributed by atoms with E-state index in [9.17, 15) is 4.79 Å². The van der Waals surface area contributed by atoms with Crippen LogP contribution in [-0.2, 0) is 11.3 Å². The number of fused-ring (bicyclic) bond motifs is 1. The number of nitrogens with one attached hydrogen (secondary N) is 1. The highest BCUT2D eigenvalue weighted by molar-refractivity contribution is 5.95. The monoisotopic (exact) mass is 419 g/mol. The van der Waals surface area contributed by atoms with Crippen LogP contribution in [0.3, 0.4) is 0 Å². The number of carbonyl (C=O) groups is 1. The van der Waals surface area contributed by atoms with Gasteiger partial charge in [-0.3, -0.25) is 4.98 Å². The fraction of sp³-hybridized carbons (Fsp3) is 0.360. The largest absolute Gasteiger partial charge is 0.487 e. The molecule has 162 valence electrons. The Hall–Kier alpha value is -3.28. The van der Waals surface area contributed by atoms with E-state index < -0.39 is 5.60 Å². The van der Waals surface area contributed by atoms with E-state index in [0.717, 1.165) is 34.3 Å². The van der Waals surface area contributed by atoms with E-state index in [2.05, 4.69) is 10.3 Å². The number of likely N-dealkylation sites (tertiary alicyclic amines) is 1. The third-order valence-corrected chi connectivity index (χ3v) is 5.17. The van der Waals surface area contributed by atoms with Crippen molar-refractivity contribution < 1.29 is 14.3 Å². The lowest BCUT2D eigenvalue weighted by Crippen LogP contribution is -2.36. The number of hydrogen-bond acceptors (Lipinski definition) is 5. The summed E-state index contributed by atoms with van der Waals surface area (Å²) in [4.78, 5) is 18.7. The fourth-order valence-corrected chi connectivity index (χ4v) is 3.71. The van der Waals surface area contributed by atoms with E-state index in [4.69, 9.17) is 9.47 Å². The second-order valence-electron chi connectivity index (χ2n) is 8.84. The average molecular weight is 420 g/mol. The van der Waals surface area contributed by atoms with Gasteiger partial charge in [-0.1, -0.05) is 30.3 Å². The first-order valence-electron chi connectivity index (χ1n) is 10.7. The Kier molecular flexibility index (Phi) is 5.98. The second kappa shape index (κ2) is 8.84. The third-order valence-electron chi connectivity index (χ3n) is 5.17. The van der Waals surface area contributed by atoms with Crippen LogP contribution in [0.5, 0.6) is 5.75 Å². The van der Waals surface area contributed by atoms with Gasteiger partial charge in [0.05, 0.1) is 0 Å². The van der Waals surface area contributed by atoms with E-state index in [1.54, 1.807) is 11.1 Å². The van der Waals surface area contributed by atoms with Crippen LogP contribution in [0.1, 0.15) is 32.8 Å². The Morgan fingerprint density at radius 1 is 1.13 bits per heavy atom. The van der Waals surface area contributed by atoms with Crippen LogP contribution < -0.4 is 10.1 Å². The molecule has 2 heterocycles. The molecule has 0 aliphatic carbocycles.